The molecule has 0 amide bonds. The summed E-state index contributed by atoms with van der Waals surface area (Å²) < 4.78 is 5.78. The first-order valence-corrected chi connectivity index (χ1v) is 8.26. The predicted molar refractivity (Wildman–Crippen MR) is 92.5 cm³/mol. The third-order valence-corrected chi connectivity index (χ3v) is 4.46. The van der Waals surface area contributed by atoms with Crippen molar-refractivity contribution in [1.29, 1.82) is 0 Å². The Labute approximate surface area is 139 Å². The molecule has 2 atom stereocenters. The van der Waals surface area contributed by atoms with Gasteiger partial charge >= 0.3 is 0 Å². The van der Waals surface area contributed by atoms with Crippen LogP contribution in [0.5, 0.6) is 0 Å². The molecule has 120 valence electrons. The van der Waals surface area contributed by atoms with E-state index < -0.39 is 0 Å². The number of rotatable bonds is 7. The fraction of sp³-hybridized carbons (Fsp3) is 0.647. The van der Waals surface area contributed by atoms with Gasteiger partial charge in [-0.05, 0) is 36.4 Å². The molecule has 0 spiro atoms. The van der Waals surface area contributed by atoms with Gasteiger partial charge in [0.25, 0.3) is 0 Å². The molecule has 4 heteroatoms. The van der Waals surface area contributed by atoms with Gasteiger partial charge in [-0.15, -0.1) is 0 Å². The number of methoxy groups -OCH3 is 1. The Hall–Kier alpha value is -0.280. The Morgan fingerprint density at radius 1 is 1.24 bits per heavy atom. The van der Waals surface area contributed by atoms with Gasteiger partial charge in [-0.2, -0.15) is 0 Å². The molecule has 0 saturated heterocycles. The second-order valence-corrected chi connectivity index (χ2v) is 7.29. The Bertz CT molecular complexity index is 443. The van der Waals surface area contributed by atoms with Crippen molar-refractivity contribution in [1.82, 2.24) is 5.32 Å². The average molecular weight is 332 g/mol. The van der Waals surface area contributed by atoms with Gasteiger partial charge in [-0.25, -0.2) is 0 Å². The number of hydrogen-bond donors (Lipinski definition) is 1. The average Bonchev–Trinajstić information content (AvgIpc) is 2.40. The molecule has 0 bridgehead atoms. The van der Waals surface area contributed by atoms with Gasteiger partial charge in [0.05, 0.1) is 16.1 Å². The van der Waals surface area contributed by atoms with Crippen LogP contribution >= 0.6 is 23.2 Å². The van der Waals surface area contributed by atoms with Crippen LogP contribution in [0.3, 0.4) is 0 Å². The minimum absolute atomic E-state index is 0.0468. The van der Waals surface area contributed by atoms with Crippen LogP contribution in [-0.4, -0.2) is 25.8 Å². The quantitative estimate of drug-likeness (QED) is 0.761. The third kappa shape index (κ3) is 5.45. The molecule has 21 heavy (non-hydrogen) atoms. The first-order chi connectivity index (χ1) is 9.81. The molecule has 0 aliphatic rings. The lowest BCUT2D eigenvalue weighted by molar-refractivity contribution is -0.0109. The molecule has 1 N–H and O–H groups in total. The second kappa shape index (κ2) is 8.38. The van der Waals surface area contributed by atoms with Gasteiger partial charge in [0.1, 0.15) is 0 Å². The van der Waals surface area contributed by atoms with E-state index in [1.54, 1.807) is 7.11 Å². The van der Waals surface area contributed by atoms with Crippen LogP contribution in [0.1, 0.15) is 39.7 Å². The Kier molecular flexibility index (Phi) is 7.49. The Balaban J connectivity index is 2.99. The van der Waals surface area contributed by atoms with Gasteiger partial charge in [0, 0.05) is 13.2 Å². The van der Waals surface area contributed by atoms with Crippen molar-refractivity contribution in [2.45, 2.75) is 52.7 Å². The molecule has 0 saturated carbocycles. The van der Waals surface area contributed by atoms with Crippen molar-refractivity contribution in [2.75, 3.05) is 13.7 Å². The zero-order chi connectivity index (χ0) is 16.0. The van der Waals surface area contributed by atoms with Gasteiger partial charge < -0.3 is 10.1 Å². The monoisotopic (exact) mass is 331 g/mol. The molecule has 0 aromatic heterocycles. The summed E-state index contributed by atoms with van der Waals surface area (Å²) in [6.45, 7) is 9.71. The summed E-state index contributed by atoms with van der Waals surface area (Å²) in [6.07, 6.45) is 1.98. The first-order valence-electron chi connectivity index (χ1n) is 7.50. The lowest BCUT2D eigenvalue weighted by Gasteiger charge is -2.37. The molecular formula is C17H27Cl2NO. The van der Waals surface area contributed by atoms with Crippen LogP contribution in [-0.2, 0) is 11.2 Å². The van der Waals surface area contributed by atoms with Crippen molar-refractivity contribution >= 4 is 23.2 Å². The Morgan fingerprint density at radius 2 is 1.90 bits per heavy atom. The summed E-state index contributed by atoms with van der Waals surface area (Å²) in [4.78, 5) is 0. The van der Waals surface area contributed by atoms with E-state index in [0.29, 0.717) is 10.0 Å². The molecule has 0 aliphatic heterocycles. The van der Waals surface area contributed by atoms with E-state index >= 15 is 0 Å². The fourth-order valence-corrected chi connectivity index (χ4v) is 3.08. The maximum atomic E-state index is 6.33. The number of ether oxygens (including phenoxy) is 1. The Morgan fingerprint density at radius 3 is 2.43 bits per heavy atom. The van der Waals surface area contributed by atoms with Crippen LogP contribution in [0.2, 0.25) is 10.0 Å². The van der Waals surface area contributed by atoms with Crippen molar-refractivity contribution < 1.29 is 4.74 Å². The molecule has 2 nitrogen and oxygen atoms in total. The molecule has 1 aromatic rings. The van der Waals surface area contributed by atoms with Gasteiger partial charge in [-0.1, -0.05) is 63.0 Å². The number of halogens is 2. The summed E-state index contributed by atoms with van der Waals surface area (Å²) in [7, 11) is 1.77. The standard InChI is InChI=1S/C17H27Cl2NO/c1-6-10-20-14(16(21-5)17(2,3)4)11-12-8-7-9-13(18)15(12)19/h7-9,14,16,20H,6,10-11H2,1-5H3. The summed E-state index contributed by atoms with van der Waals surface area (Å²) >= 11 is 12.5. The van der Waals surface area contributed by atoms with Gasteiger partial charge in [0.15, 0.2) is 0 Å². The molecule has 0 fully saturated rings. The SMILES string of the molecule is CCCNC(Cc1cccc(Cl)c1Cl)C(OC)C(C)(C)C. The number of hydrogen-bond acceptors (Lipinski definition) is 2. The third-order valence-electron chi connectivity index (χ3n) is 3.60. The minimum atomic E-state index is 0.0468. The van der Waals surface area contributed by atoms with Crippen molar-refractivity contribution in [3.05, 3.63) is 33.8 Å². The van der Waals surface area contributed by atoms with E-state index in [0.717, 1.165) is 24.9 Å². The molecule has 2 unspecified atom stereocenters. The normalized spacial score (nSPS) is 15.0. The fourth-order valence-electron chi connectivity index (χ4n) is 2.68. The second-order valence-electron chi connectivity index (χ2n) is 6.50. The summed E-state index contributed by atoms with van der Waals surface area (Å²) in [6, 6.07) is 5.99. The highest BCUT2D eigenvalue weighted by molar-refractivity contribution is 6.42. The van der Waals surface area contributed by atoms with E-state index in [9.17, 15) is 0 Å². The molecule has 0 radical (unpaired) electrons. The topological polar surface area (TPSA) is 21.3 Å². The molecule has 1 aromatic carbocycles. The van der Waals surface area contributed by atoms with E-state index in [1.165, 1.54) is 0 Å². The molecule has 0 heterocycles. The smallest absolute Gasteiger partial charge is 0.0775 e. The highest BCUT2D eigenvalue weighted by Crippen LogP contribution is 2.30. The highest BCUT2D eigenvalue weighted by Gasteiger charge is 2.32. The van der Waals surface area contributed by atoms with Crippen LogP contribution < -0.4 is 5.32 Å². The van der Waals surface area contributed by atoms with Crippen LogP contribution in [0.15, 0.2) is 18.2 Å². The van der Waals surface area contributed by atoms with Crippen LogP contribution in [0, 0.1) is 5.41 Å². The lowest BCUT2D eigenvalue weighted by Crippen LogP contribution is -2.49. The zero-order valence-corrected chi connectivity index (χ0v) is 15.2. The zero-order valence-electron chi connectivity index (χ0n) is 13.7. The minimum Gasteiger partial charge on any atom is -0.379 e. The number of benzene rings is 1. The molecular weight excluding hydrogens is 305 g/mol. The van der Waals surface area contributed by atoms with Crippen LogP contribution in [0.4, 0.5) is 0 Å². The van der Waals surface area contributed by atoms with Crippen molar-refractivity contribution in [2.24, 2.45) is 5.41 Å². The largest absolute Gasteiger partial charge is 0.379 e. The molecule has 1 rings (SSSR count). The summed E-state index contributed by atoms with van der Waals surface area (Å²) in [5.74, 6) is 0. The van der Waals surface area contributed by atoms with Crippen molar-refractivity contribution in [3.8, 4) is 0 Å². The lowest BCUT2D eigenvalue weighted by atomic mass is 9.82. The maximum absolute atomic E-state index is 6.33. The first kappa shape index (κ1) is 18.8. The summed E-state index contributed by atoms with van der Waals surface area (Å²) in [5, 5.41) is 4.84. The van der Waals surface area contributed by atoms with E-state index in [2.05, 4.69) is 33.0 Å². The predicted octanol–water partition coefficient (Wildman–Crippen LogP) is 4.97. The molecule has 0 aliphatic carbocycles. The van der Waals surface area contributed by atoms with E-state index in [4.69, 9.17) is 27.9 Å². The van der Waals surface area contributed by atoms with Crippen molar-refractivity contribution in [3.63, 3.8) is 0 Å². The van der Waals surface area contributed by atoms with Gasteiger partial charge in [0.2, 0.25) is 0 Å². The highest BCUT2D eigenvalue weighted by atomic mass is 35.5. The van der Waals surface area contributed by atoms with Gasteiger partial charge in [-0.3, -0.25) is 0 Å². The van der Waals surface area contributed by atoms with E-state index in [-0.39, 0.29) is 17.6 Å². The van der Waals surface area contributed by atoms with Crippen LogP contribution in [0.25, 0.3) is 0 Å². The number of nitrogens with one attached hydrogen (secondary N) is 1. The summed E-state index contributed by atoms with van der Waals surface area (Å²) in [5.41, 5.74) is 1.11. The van der Waals surface area contributed by atoms with E-state index in [1.807, 2.05) is 18.2 Å². The maximum Gasteiger partial charge on any atom is 0.0775 e.